The molecule has 7 heteroatoms. The van der Waals surface area contributed by atoms with E-state index in [1.807, 2.05) is 0 Å². The third-order valence-electron chi connectivity index (χ3n) is 1.61. The molecule has 0 aliphatic heterocycles. The van der Waals surface area contributed by atoms with E-state index < -0.39 is 12.3 Å². The molecule has 0 unspecified atom stereocenters. The van der Waals surface area contributed by atoms with Crippen LogP contribution >= 0.6 is 15.9 Å². The zero-order valence-corrected chi connectivity index (χ0v) is 9.75. The van der Waals surface area contributed by atoms with E-state index in [2.05, 4.69) is 20.7 Å². The maximum Gasteiger partial charge on any atom is 0.573 e. The minimum atomic E-state index is -4.75. The van der Waals surface area contributed by atoms with Crippen molar-refractivity contribution in [1.29, 1.82) is 0 Å². The second-order valence-electron chi connectivity index (χ2n) is 2.90. The van der Waals surface area contributed by atoms with Crippen molar-refractivity contribution in [2.45, 2.75) is 6.36 Å². The van der Waals surface area contributed by atoms with Crippen molar-refractivity contribution in [1.82, 2.24) is 0 Å². The van der Waals surface area contributed by atoms with E-state index in [0.29, 0.717) is 10.0 Å². The molecule has 0 saturated carbocycles. The smallest absolute Gasteiger partial charge is 0.478 e. The van der Waals surface area contributed by atoms with E-state index in [1.165, 1.54) is 12.1 Å². The van der Waals surface area contributed by atoms with Crippen LogP contribution in [0, 0.1) is 0 Å². The lowest BCUT2D eigenvalue weighted by Gasteiger charge is -2.09. The highest BCUT2D eigenvalue weighted by molar-refractivity contribution is 9.10. The standard InChI is InChI=1S/C10H6BrF3O3/c11-8-5-7(17-10(12,13)14)3-1-6(8)2-4-9(15)16/h1-5H,(H,15,16)/b4-2+. The number of carboxylic acid groups (broad SMARTS) is 1. The molecule has 0 saturated heterocycles. The van der Waals surface area contributed by atoms with Crippen LogP contribution in [-0.2, 0) is 4.79 Å². The molecule has 1 rings (SSSR count). The Morgan fingerprint density at radius 2 is 2.06 bits per heavy atom. The maximum atomic E-state index is 11.9. The summed E-state index contributed by atoms with van der Waals surface area (Å²) in [6.45, 7) is 0. The van der Waals surface area contributed by atoms with E-state index in [0.717, 1.165) is 18.2 Å². The lowest BCUT2D eigenvalue weighted by molar-refractivity contribution is -0.274. The third-order valence-corrected chi connectivity index (χ3v) is 2.30. The maximum absolute atomic E-state index is 11.9. The number of alkyl halides is 3. The first-order chi connectivity index (χ1) is 7.78. The number of aliphatic carboxylic acids is 1. The second-order valence-corrected chi connectivity index (χ2v) is 3.76. The average Bonchev–Trinajstić information content (AvgIpc) is 2.13. The number of carbonyl (C=O) groups is 1. The summed E-state index contributed by atoms with van der Waals surface area (Å²) < 4.78 is 39.7. The Morgan fingerprint density at radius 1 is 1.41 bits per heavy atom. The van der Waals surface area contributed by atoms with Crippen molar-refractivity contribution in [3.05, 3.63) is 34.3 Å². The van der Waals surface area contributed by atoms with Crippen molar-refractivity contribution in [2.24, 2.45) is 0 Å². The van der Waals surface area contributed by atoms with Gasteiger partial charge in [-0.1, -0.05) is 22.0 Å². The molecule has 17 heavy (non-hydrogen) atoms. The number of benzene rings is 1. The van der Waals surface area contributed by atoms with Crippen LogP contribution in [0.25, 0.3) is 6.08 Å². The predicted octanol–water partition coefficient (Wildman–Crippen LogP) is 3.45. The van der Waals surface area contributed by atoms with Gasteiger partial charge in [-0.05, 0) is 23.8 Å². The van der Waals surface area contributed by atoms with Crippen molar-refractivity contribution in [3.63, 3.8) is 0 Å². The SMILES string of the molecule is O=C(O)/C=C/c1ccc(OC(F)(F)F)cc1Br. The van der Waals surface area contributed by atoms with Gasteiger partial charge in [0.1, 0.15) is 5.75 Å². The molecule has 1 aromatic carbocycles. The number of carboxylic acids is 1. The van der Waals surface area contributed by atoms with Gasteiger partial charge in [0.15, 0.2) is 0 Å². The Labute approximate surface area is 103 Å². The molecule has 0 radical (unpaired) electrons. The lowest BCUT2D eigenvalue weighted by Crippen LogP contribution is -2.17. The first-order valence-corrected chi connectivity index (χ1v) is 5.03. The third kappa shape index (κ3) is 4.90. The van der Waals surface area contributed by atoms with Gasteiger partial charge in [0.2, 0.25) is 0 Å². The molecule has 0 atom stereocenters. The second kappa shape index (κ2) is 5.22. The highest BCUT2D eigenvalue weighted by Crippen LogP contribution is 2.28. The molecular formula is C10H6BrF3O3. The van der Waals surface area contributed by atoms with E-state index in [9.17, 15) is 18.0 Å². The molecule has 1 N–H and O–H groups in total. The number of ether oxygens (including phenoxy) is 1. The van der Waals surface area contributed by atoms with Crippen LogP contribution < -0.4 is 4.74 Å². The quantitative estimate of drug-likeness (QED) is 0.870. The Morgan fingerprint density at radius 3 is 2.53 bits per heavy atom. The minimum Gasteiger partial charge on any atom is -0.478 e. The summed E-state index contributed by atoms with van der Waals surface area (Å²) in [4.78, 5) is 10.3. The molecule has 92 valence electrons. The van der Waals surface area contributed by atoms with E-state index in [1.54, 1.807) is 0 Å². The molecule has 0 aromatic heterocycles. The summed E-state index contributed by atoms with van der Waals surface area (Å²) >= 11 is 3.01. The van der Waals surface area contributed by atoms with Crippen molar-refractivity contribution < 1.29 is 27.8 Å². The molecule has 0 bridgehead atoms. The van der Waals surface area contributed by atoms with Gasteiger partial charge in [-0.25, -0.2) is 4.79 Å². The van der Waals surface area contributed by atoms with Gasteiger partial charge < -0.3 is 9.84 Å². The molecule has 3 nitrogen and oxygen atoms in total. The molecule has 0 heterocycles. The first kappa shape index (κ1) is 13.6. The van der Waals surface area contributed by atoms with Gasteiger partial charge in [-0.15, -0.1) is 13.2 Å². The molecular weight excluding hydrogens is 305 g/mol. The van der Waals surface area contributed by atoms with Crippen molar-refractivity contribution >= 4 is 28.0 Å². The minimum absolute atomic E-state index is 0.303. The molecule has 0 aliphatic rings. The number of hydrogen-bond donors (Lipinski definition) is 1. The number of hydrogen-bond acceptors (Lipinski definition) is 2. The highest BCUT2D eigenvalue weighted by atomic mass is 79.9. The summed E-state index contributed by atoms with van der Waals surface area (Å²) in [5.74, 6) is -1.52. The Kier molecular flexibility index (Phi) is 4.17. The fraction of sp³-hybridized carbons (Fsp3) is 0.100. The molecule has 0 fully saturated rings. The summed E-state index contributed by atoms with van der Waals surface area (Å²) in [5, 5.41) is 8.40. The van der Waals surface area contributed by atoms with Crippen LogP contribution in [0.15, 0.2) is 28.7 Å². The van der Waals surface area contributed by atoms with Crippen molar-refractivity contribution in [2.75, 3.05) is 0 Å². The summed E-state index contributed by atoms with van der Waals surface area (Å²) in [5.41, 5.74) is 0.432. The van der Waals surface area contributed by atoms with Crippen LogP contribution in [0.1, 0.15) is 5.56 Å². The molecule has 0 aliphatic carbocycles. The Hall–Kier alpha value is -1.50. The van der Waals surface area contributed by atoms with Gasteiger partial charge >= 0.3 is 12.3 Å². The van der Waals surface area contributed by atoms with Gasteiger partial charge in [0, 0.05) is 10.5 Å². The zero-order valence-electron chi connectivity index (χ0n) is 8.16. The zero-order chi connectivity index (χ0) is 13.1. The topological polar surface area (TPSA) is 46.5 Å². The van der Waals surface area contributed by atoms with E-state index >= 15 is 0 Å². The first-order valence-electron chi connectivity index (χ1n) is 4.24. The lowest BCUT2D eigenvalue weighted by atomic mass is 10.2. The van der Waals surface area contributed by atoms with Crippen LogP contribution in [0.3, 0.4) is 0 Å². The summed E-state index contributed by atoms with van der Waals surface area (Å²) in [6.07, 6.45) is -2.62. The predicted molar refractivity (Wildman–Crippen MR) is 57.5 cm³/mol. The average molecular weight is 311 g/mol. The van der Waals surface area contributed by atoms with E-state index in [-0.39, 0.29) is 5.75 Å². The van der Waals surface area contributed by atoms with Crippen LogP contribution in [0.2, 0.25) is 0 Å². The molecule has 0 amide bonds. The monoisotopic (exact) mass is 310 g/mol. The summed E-state index contributed by atoms with van der Waals surface area (Å²) in [6, 6.07) is 3.51. The number of halogens is 4. The fourth-order valence-electron chi connectivity index (χ4n) is 1.00. The number of rotatable bonds is 3. The highest BCUT2D eigenvalue weighted by Gasteiger charge is 2.31. The van der Waals surface area contributed by atoms with Crippen LogP contribution in [0.5, 0.6) is 5.75 Å². The van der Waals surface area contributed by atoms with Gasteiger partial charge in [-0.2, -0.15) is 0 Å². The van der Waals surface area contributed by atoms with Crippen LogP contribution in [0.4, 0.5) is 13.2 Å². The van der Waals surface area contributed by atoms with Gasteiger partial charge in [0.05, 0.1) is 0 Å². The normalized spacial score (nSPS) is 11.8. The molecule has 0 spiro atoms. The largest absolute Gasteiger partial charge is 0.573 e. The molecule has 1 aromatic rings. The van der Waals surface area contributed by atoms with Gasteiger partial charge in [-0.3, -0.25) is 0 Å². The Balaban J connectivity index is 2.90. The van der Waals surface area contributed by atoms with Crippen LogP contribution in [-0.4, -0.2) is 17.4 Å². The van der Waals surface area contributed by atoms with E-state index in [4.69, 9.17) is 5.11 Å². The van der Waals surface area contributed by atoms with Crippen molar-refractivity contribution in [3.8, 4) is 5.75 Å². The Bertz CT molecular complexity index is 455. The fourth-order valence-corrected chi connectivity index (χ4v) is 1.49. The summed E-state index contributed by atoms with van der Waals surface area (Å²) in [7, 11) is 0. The van der Waals surface area contributed by atoms with Gasteiger partial charge in [0.25, 0.3) is 0 Å².